The van der Waals surface area contributed by atoms with E-state index in [9.17, 15) is 13.2 Å². The van der Waals surface area contributed by atoms with E-state index in [1.54, 1.807) is 18.0 Å². The van der Waals surface area contributed by atoms with Crippen LogP contribution in [0.25, 0.3) is 0 Å². The number of benzene rings is 1. The van der Waals surface area contributed by atoms with Crippen LogP contribution in [-0.2, 0) is 9.84 Å². The maximum atomic E-state index is 11.1. The Balaban J connectivity index is 2.90. The average molecular weight is 272 g/mol. The molecule has 0 unspecified atom stereocenters. The normalized spacial score (nSPS) is 11.2. The molecule has 0 spiro atoms. The number of rotatable bonds is 5. The van der Waals surface area contributed by atoms with Crippen molar-refractivity contribution in [3.63, 3.8) is 0 Å². The maximum absolute atomic E-state index is 11.1. The van der Waals surface area contributed by atoms with E-state index < -0.39 is 15.8 Å². The third kappa shape index (κ3) is 3.92. The first-order valence-corrected chi connectivity index (χ1v) is 7.28. The van der Waals surface area contributed by atoms with Crippen molar-refractivity contribution in [2.75, 3.05) is 36.2 Å². The van der Waals surface area contributed by atoms with Crippen LogP contribution in [0.1, 0.15) is 10.4 Å². The van der Waals surface area contributed by atoms with Crippen LogP contribution in [0.3, 0.4) is 0 Å². The van der Waals surface area contributed by atoms with Crippen molar-refractivity contribution in [2.45, 2.75) is 0 Å². The number of carboxylic acids is 1. The molecule has 0 saturated carbocycles. The first-order valence-electron chi connectivity index (χ1n) is 5.22. The molecular weight excluding hydrogens is 256 g/mol. The smallest absolute Gasteiger partial charge is 0.337 e. The highest BCUT2D eigenvalue weighted by Crippen LogP contribution is 2.20. The molecule has 7 heteroatoms. The molecule has 0 radical (unpaired) electrons. The zero-order chi connectivity index (χ0) is 13.9. The van der Waals surface area contributed by atoms with E-state index in [-0.39, 0.29) is 17.0 Å². The van der Waals surface area contributed by atoms with Crippen LogP contribution in [0.2, 0.25) is 0 Å². The van der Waals surface area contributed by atoms with Gasteiger partial charge in [-0.2, -0.15) is 0 Å². The summed E-state index contributed by atoms with van der Waals surface area (Å²) in [5.41, 5.74) is 6.35. The van der Waals surface area contributed by atoms with E-state index in [2.05, 4.69) is 0 Å². The Kier molecular flexibility index (Phi) is 4.18. The summed E-state index contributed by atoms with van der Waals surface area (Å²) in [5.74, 6) is -1.10. The second-order valence-electron chi connectivity index (χ2n) is 4.13. The van der Waals surface area contributed by atoms with Crippen LogP contribution in [0.4, 0.5) is 11.4 Å². The molecule has 1 aromatic rings. The lowest BCUT2D eigenvalue weighted by Gasteiger charge is -2.19. The molecule has 0 saturated heterocycles. The quantitative estimate of drug-likeness (QED) is 0.755. The molecule has 0 aromatic heterocycles. The molecule has 0 atom stereocenters. The Morgan fingerprint density at radius 2 is 2.06 bits per heavy atom. The maximum Gasteiger partial charge on any atom is 0.337 e. The minimum atomic E-state index is -3.04. The number of carboxylic acid groups (broad SMARTS) is 1. The lowest BCUT2D eigenvalue weighted by molar-refractivity contribution is 0.0698. The number of aromatic carboxylic acids is 1. The largest absolute Gasteiger partial charge is 0.478 e. The van der Waals surface area contributed by atoms with Gasteiger partial charge in [0.15, 0.2) is 0 Å². The molecule has 0 bridgehead atoms. The number of nitrogens with two attached hydrogens (primary N) is 1. The minimum Gasteiger partial charge on any atom is -0.478 e. The fraction of sp³-hybridized carbons (Fsp3) is 0.364. The van der Waals surface area contributed by atoms with Crippen LogP contribution in [-0.4, -0.2) is 45.1 Å². The van der Waals surface area contributed by atoms with Crippen molar-refractivity contribution in [3.8, 4) is 0 Å². The summed E-state index contributed by atoms with van der Waals surface area (Å²) in [6.45, 7) is 0.293. The van der Waals surface area contributed by atoms with Crippen molar-refractivity contribution in [1.29, 1.82) is 0 Å². The van der Waals surface area contributed by atoms with Crippen molar-refractivity contribution in [1.82, 2.24) is 0 Å². The van der Waals surface area contributed by atoms with Gasteiger partial charge in [0, 0.05) is 31.2 Å². The topological polar surface area (TPSA) is 101 Å². The monoisotopic (exact) mass is 272 g/mol. The molecular formula is C11H16N2O4S. The fourth-order valence-electron chi connectivity index (χ4n) is 1.40. The van der Waals surface area contributed by atoms with Crippen LogP contribution >= 0.6 is 0 Å². The zero-order valence-corrected chi connectivity index (χ0v) is 11.1. The van der Waals surface area contributed by atoms with E-state index >= 15 is 0 Å². The highest BCUT2D eigenvalue weighted by Gasteiger charge is 2.12. The van der Waals surface area contributed by atoms with Crippen LogP contribution < -0.4 is 10.6 Å². The van der Waals surface area contributed by atoms with Crippen molar-refractivity contribution < 1.29 is 18.3 Å². The number of carbonyl (C=O) groups is 1. The number of nitrogens with zero attached hydrogens (tertiary/aromatic N) is 1. The molecule has 0 amide bonds. The lowest BCUT2D eigenvalue weighted by Crippen LogP contribution is -2.25. The molecule has 0 aliphatic carbocycles. The van der Waals surface area contributed by atoms with Crippen molar-refractivity contribution in [2.24, 2.45) is 0 Å². The second kappa shape index (κ2) is 5.26. The first-order chi connectivity index (χ1) is 8.20. The summed E-state index contributed by atoms with van der Waals surface area (Å²) in [7, 11) is -1.35. The van der Waals surface area contributed by atoms with Gasteiger partial charge in [0.2, 0.25) is 0 Å². The standard InChI is InChI=1S/C11H16N2O4S/c1-13(5-6-18(2,16)17)8-3-4-10(12)9(7-8)11(14)15/h3-4,7H,5-6,12H2,1-2H3,(H,14,15). The van der Waals surface area contributed by atoms with E-state index in [1.165, 1.54) is 12.1 Å². The molecule has 0 aliphatic rings. The number of hydrogen-bond acceptors (Lipinski definition) is 5. The summed E-state index contributed by atoms with van der Waals surface area (Å²) in [6, 6.07) is 4.58. The molecule has 0 aliphatic heterocycles. The van der Waals surface area contributed by atoms with Gasteiger partial charge in [-0.25, -0.2) is 13.2 Å². The molecule has 18 heavy (non-hydrogen) atoms. The first kappa shape index (κ1) is 14.3. The summed E-state index contributed by atoms with van der Waals surface area (Å²) in [5, 5.41) is 8.94. The van der Waals surface area contributed by atoms with Crippen LogP contribution in [0, 0.1) is 0 Å². The van der Waals surface area contributed by atoms with Crippen molar-refractivity contribution in [3.05, 3.63) is 23.8 Å². The number of sulfone groups is 1. The molecule has 0 fully saturated rings. The van der Waals surface area contributed by atoms with E-state index in [1.807, 2.05) is 0 Å². The second-order valence-corrected chi connectivity index (χ2v) is 6.39. The lowest BCUT2D eigenvalue weighted by atomic mass is 10.1. The Morgan fingerprint density at radius 3 is 2.56 bits per heavy atom. The van der Waals surface area contributed by atoms with E-state index in [0.717, 1.165) is 6.26 Å². The van der Waals surface area contributed by atoms with Gasteiger partial charge in [0.05, 0.1) is 11.3 Å². The van der Waals surface area contributed by atoms with Crippen LogP contribution in [0.5, 0.6) is 0 Å². The number of hydrogen-bond donors (Lipinski definition) is 2. The van der Waals surface area contributed by atoms with Crippen molar-refractivity contribution >= 4 is 27.2 Å². The zero-order valence-electron chi connectivity index (χ0n) is 10.3. The Hall–Kier alpha value is -1.76. The predicted octanol–water partition coefficient (Wildman–Crippen LogP) is 0.448. The third-order valence-electron chi connectivity index (χ3n) is 2.51. The van der Waals surface area contributed by atoms with Gasteiger partial charge in [-0.15, -0.1) is 0 Å². The summed E-state index contributed by atoms with van der Waals surface area (Å²) in [6.07, 6.45) is 1.16. The summed E-state index contributed by atoms with van der Waals surface area (Å²) in [4.78, 5) is 12.6. The summed E-state index contributed by atoms with van der Waals surface area (Å²) >= 11 is 0. The van der Waals surface area contributed by atoms with Gasteiger partial charge < -0.3 is 15.7 Å². The van der Waals surface area contributed by atoms with Gasteiger partial charge in [0.1, 0.15) is 9.84 Å². The Morgan fingerprint density at radius 1 is 1.44 bits per heavy atom. The Labute approximate surface area is 106 Å². The molecule has 100 valence electrons. The molecule has 6 nitrogen and oxygen atoms in total. The molecule has 1 aromatic carbocycles. The predicted molar refractivity (Wildman–Crippen MR) is 70.8 cm³/mol. The molecule has 3 N–H and O–H groups in total. The number of nitrogen functional groups attached to an aromatic ring is 1. The fourth-order valence-corrected chi connectivity index (χ4v) is 2.00. The molecule has 0 heterocycles. The summed E-state index contributed by atoms with van der Waals surface area (Å²) < 4.78 is 22.1. The Bertz CT molecular complexity index is 554. The average Bonchev–Trinajstić information content (AvgIpc) is 2.25. The van der Waals surface area contributed by atoms with Gasteiger partial charge in [-0.05, 0) is 18.2 Å². The highest BCUT2D eigenvalue weighted by atomic mass is 32.2. The number of anilines is 2. The third-order valence-corrected chi connectivity index (χ3v) is 3.43. The van der Waals surface area contributed by atoms with Gasteiger partial charge in [0.25, 0.3) is 0 Å². The van der Waals surface area contributed by atoms with Gasteiger partial charge >= 0.3 is 5.97 Å². The molecule has 1 rings (SSSR count). The highest BCUT2D eigenvalue weighted by molar-refractivity contribution is 7.90. The van der Waals surface area contributed by atoms with Gasteiger partial charge in [-0.1, -0.05) is 0 Å². The van der Waals surface area contributed by atoms with E-state index in [4.69, 9.17) is 10.8 Å². The van der Waals surface area contributed by atoms with Crippen LogP contribution in [0.15, 0.2) is 18.2 Å². The van der Waals surface area contributed by atoms with E-state index in [0.29, 0.717) is 12.2 Å². The van der Waals surface area contributed by atoms with Gasteiger partial charge in [-0.3, -0.25) is 0 Å². The SMILES string of the molecule is CN(CCS(C)(=O)=O)c1ccc(N)c(C(=O)O)c1. The minimum absolute atomic E-state index is 0.0102.